The van der Waals surface area contributed by atoms with Crippen LogP contribution in [0.5, 0.6) is 11.5 Å². The van der Waals surface area contributed by atoms with Gasteiger partial charge in [0.25, 0.3) is 0 Å². The predicted molar refractivity (Wildman–Crippen MR) is 104 cm³/mol. The third kappa shape index (κ3) is 4.37. The second-order valence-corrected chi connectivity index (χ2v) is 6.01. The van der Waals surface area contributed by atoms with Gasteiger partial charge in [0.15, 0.2) is 11.5 Å². The van der Waals surface area contributed by atoms with Gasteiger partial charge in [0.05, 0.1) is 19.9 Å². The summed E-state index contributed by atoms with van der Waals surface area (Å²) >= 11 is 5.13. The van der Waals surface area contributed by atoms with Gasteiger partial charge in [0, 0.05) is 6.42 Å². The van der Waals surface area contributed by atoms with Crippen LogP contribution in [-0.4, -0.2) is 34.8 Å². The van der Waals surface area contributed by atoms with E-state index in [1.807, 2.05) is 43.3 Å². The molecule has 0 saturated carbocycles. The van der Waals surface area contributed by atoms with E-state index in [-0.39, 0.29) is 0 Å². The Morgan fingerprint density at radius 2 is 2.00 bits per heavy atom. The van der Waals surface area contributed by atoms with E-state index in [1.165, 1.54) is 5.56 Å². The Kier molecular flexibility index (Phi) is 5.80. The summed E-state index contributed by atoms with van der Waals surface area (Å²) in [6.07, 6.45) is 2.54. The second kappa shape index (κ2) is 8.44. The SMILES string of the molecule is COc1cc(C=Nn2c(C)n[nH]c2=S)ccc1OCCc1ccccc1. The topological polar surface area (TPSA) is 64.4 Å². The molecule has 26 heavy (non-hydrogen) atoms. The molecule has 134 valence electrons. The predicted octanol–water partition coefficient (Wildman–Crippen LogP) is 3.76. The van der Waals surface area contributed by atoms with Crippen molar-refractivity contribution < 1.29 is 9.47 Å². The first-order valence-corrected chi connectivity index (χ1v) is 8.61. The normalized spacial score (nSPS) is 11.0. The highest BCUT2D eigenvalue weighted by Crippen LogP contribution is 2.27. The van der Waals surface area contributed by atoms with Gasteiger partial charge in [-0.2, -0.15) is 14.9 Å². The van der Waals surface area contributed by atoms with Crippen LogP contribution in [0.2, 0.25) is 0 Å². The first-order valence-electron chi connectivity index (χ1n) is 8.20. The zero-order valence-corrected chi connectivity index (χ0v) is 15.5. The molecule has 0 fully saturated rings. The summed E-state index contributed by atoms with van der Waals surface area (Å²) < 4.78 is 13.3. The lowest BCUT2D eigenvalue weighted by molar-refractivity contribution is 0.297. The maximum absolute atomic E-state index is 5.87. The average molecular weight is 368 g/mol. The van der Waals surface area contributed by atoms with Gasteiger partial charge in [-0.1, -0.05) is 30.3 Å². The van der Waals surface area contributed by atoms with Crippen LogP contribution in [0.4, 0.5) is 0 Å². The first-order chi connectivity index (χ1) is 12.7. The molecular formula is C19H20N4O2S. The van der Waals surface area contributed by atoms with E-state index in [0.717, 1.165) is 12.0 Å². The number of hydrogen-bond donors (Lipinski definition) is 1. The molecule has 0 aliphatic heterocycles. The zero-order chi connectivity index (χ0) is 18.4. The molecular weight excluding hydrogens is 348 g/mol. The second-order valence-electron chi connectivity index (χ2n) is 5.63. The van der Waals surface area contributed by atoms with Crippen molar-refractivity contribution in [1.29, 1.82) is 0 Å². The molecule has 1 N–H and O–H groups in total. The largest absolute Gasteiger partial charge is 0.493 e. The van der Waals surface area contributed by atoms with Crippen molar-refractivity contribution in [2.45, 2.75) is 13.3 Å². The van der Waals surface area contributed by atoms with Crippen molar-refractivity contribution in [2.75, 3.05) is 13.7 Å². The number of aryl methyl sites for hydroxylation is 1. The van der Waals surface area contributed by atoms with Crippen LogP contribution in [-0.2, 0) is 6.42 Å². The van der Waals surface area contributed by atoms with Crippen molar-refractivity contribution in [3.05, 3.63) is 70.3 Å². The van der Waals surface area contributed by atoms with Crippen LogP contribution in [0, 0.1) is 11.7 Å². The highest BCUT2D eigenvalue weighted by Gasteiger charge is 2.06. The van der Waals surface area contributed by atoms with E-state index in [4.69, 9.17) is 21.7 Å². The van der Waals surface area contributed by atoms with Crippen LogP contribution in [0.15, 0.2) is 53.6 Å². The molecule has 1 heterocycles. The van der Waals surface area contributed by atoms with Crippen LogP contribution in [0.25, 0.3) is 0 Å². The maximum Gasteiger partial charge on any atom is 0.216 e. The van der Waals surface area contributed by atoms with Gasteiger partial charge in [-0.05, 0) is 48.5 Å². The highest BCUT2D eigenvalue weighted by atomic mass is 32.1. The molecule has 1 aromatic heterocycles. The zero-order valence-electron chi connectivity index (χ0n) is 14.7. The van der Waals surface area contributed by atoms with Crippen molar-refractivity contribution in [3.8, 4) is 11.5 Å². The first kappa shape index (κ1) is 17.9. The minimum atomic E-state index is 0.451. The molecule has 7 heteroatoms. The minimum Gasteiger partial charge on any atom is -0.493 e. The number of rotatable bonds is 7. The van der Waals surface area contributed by atoms with Gasteiger partial charge >= 0.3 is 0 Å². The van der Waals surface area contributed by atoms with E-state index in [2.05, 4.69) is 27.4 Å². The molecule has 0 unspecified atom stereocenters. The fourth-order valence-corrected chi connectivity index (χ4v) is 2.66. The molecule has 0 amide bonds. The number of hydrogen-bond acceptors (Lipinski definition) is 5. The number of benzene rings is 2. The van der Waals surface area contributed by atoms with E-state index < -0.39 is 0 Å². The number of aromatic amines is 1. The molecule has 0 spiro atoms. The number of H-pyrrole nitrogens is 1. The lowest BCUT2D eigenvalue weighted by atomic mass is 10.2. The van der Waals surface area contributed by atoms with Crippen molar-refractivity contribution >= 4 is 18.4 Å². The Labute approximate surface area is 157 Å². The summed E-state index contributed by atoms with van der Waals surface area (Å²) in [6, 6.07) is 15.9. The van der Waals surface area contributed by atoms with E-state index in [9.17, 15) is 0 Å². The van der Waals surface area contributed by atoms with E-state index in [0.29, 0.717) is 28.7 Å². The lowest BCUT2D eigenvalue weighted by Crippen LogP contribution is -2.03. The molecule has 0 aliphatic rings. The minimum absolute atomic E-state index is 0.451. The van der Waals surface area contributed by atoms with E-state index in [1.54, 1.807) is 18.0 Å². The fourth-order valence-electron chi connectivity index (χ4n) is 2.44. The Morgan fingerprint density at radius 1 is 1.19 bits per heavy atom. The van der Waals surface area contributed by atoms with Crippen LogP contribution in [0.1, 0.15) is 17.0 Å². The van der Waals surface area contributed by atoms with Gasteiger partial charge in [0.2, 0.25) is 4.77 Å². The third-order valence-corrected chi connectivity index (χ3v) is 4.08. The van der Waals surface area contributed by atoms with Gasteiger partial charge < -0.3 is 9.47 Å². The summed E-state index contributed by atoms with van der Waals surface area (Å²) in [5.41, 5.74) is 2.11. The standard InChI is InChI=1S/C19H20N4O2S/c1-14-21-22-19(26)23(14)20-13-16-8-9-17(18(12-16)24-2)25-11-10-15-6-4-3-5-7-15/h3-9,12-13H,10-11H2,1-2H3,(H,22,26). The Morgan fingerprint density at radius 3 is 2.69 bits per heavy atom. The smallest absolute Gasteiger partial charge is 0.216 e. The molecule has 0 bridgehead atoms. The van der Waals surface area contributed by atoms with Gasteiger partial charge in [0.1, 0.15) is 5.82 Å². The Bertz CT molecular complexity index is 948. The number of ether oxygens (including phenoxy) is 2. The highest BCUT2D eigenvalue weighted by molar-refractivity contribution is 7.71. The van der Waals surface area contributed by atoms with Crippen molar-refractivity contribution in [1.82, 2.24) is 14.9 Å². The summed E-state index contributed by atoms with van der Waals surface area (Å²) in [6.45, 7) is 2.41. The molecule has 0 saturated heterocycles. The third-order valence-electron chi connectivity index (χ3n) is 3.81. The summed E-state index contributed by atoms with van der Waals surface area (Å²) in [5.74, 6) is 2.06. The summed E-state index contributed by atoms with van der Waals surface area (Å²) in [7, 11) is 1.62. The molecule has 3 aromatic rings. The average Bonchev–Trinajstić information content (AvgIpc) is 2.99. The maximum atomic E-state index is 5.87. The van der Waals surface area contributed by atoms with Crippen LogP contribution in [0.3, 0.4) is 0 Å². The lowest BCUT2D eigenvalue weighted by Gasteiger charge is -2.11. The van der Waals surface area contributed by atoms with Crippen LogP contribution >= 0.6 is 12.2 Å². The Hall–Kier alpha value is -2.93. The molecule has 2 aromatic carbocycles. The van der Waals surface area contributed by atoms with E-state index >= 15 is 0 Å². The quantitative estimate of drug-likeness (QED) is 0.509. The molecule has 0 radical (unpaired) electrons. The van der Waals surface area contributed by atoms with Crippen molar-refractivity contribution in [2.24, 2.45) is 5.10 Å². The summed E-state index contributed by atoms with van der Waals surface area (Å²) in [5, 5.41) is 11.1. The van der Waals surface area contributed by atoms with Crippen molar-refractivity contribution in [3.63, 3.8) is 0 Å². The summed E-state index contributed by atoms with van der Waals surface area (Å²) in [4.78, 5) is 0. The number of aromatic nitrogens is 3. The number of nitrogens with zero attached hydrogens (tertiary/aromatic N) is 3. The molecule has 0 atom stereocenters. The molecule has 3 rings (SSSR count). The van der Waals surface area contributed by atoms with Gasteiger partial charge in [-0.15, -0.1) is 0 Å². The van der Waals surface area contributed by atoms with Gasteiger partial charge in [-0.3, -0.25) is 5.10 Å². The number of methoxy groups -OCH3 is 1. The Balaban J connectivity index is 1.68. The molecule has 6 nitrogen and oxygen atoms in total. The molecule has 0 aliphatic carbocycles. The van der Waals surface area contributed by atoms with Gasteiger partial charge in [-0.25, -0.2) is 0 Å². The van der Waals surface area contributed by atoms with Crippen LogP contribution < -0.4 is 9.47 Å². The number of nitrogens with one attached hydrogen (secondary N) is 1. The monoisotopic (exact) mass is 368 g/mol. The fraction of sp³-hybridized carbons (Fsp3) is 0.211.